The fourth-order valence-electron chi connectivity index (χ4n) is 1.16. The molecule has 78 valence electrons. The van der Waals surface area contributed by atoms with Gasteiger partial charge in [-0.15, -0.1) is 0 Å². The van der Waals surface area contributed by atoms with Crippen molar-refractivity contribution in [2.75, 3.05) is 13.2 Å². The van der Waals surface area contributed by atoms with Crippen molar-refractivity contribution < 1.29 is 9.57 Å². The number of ether oxygens (including phenoxy) is 1. The molecule has 2 N–H and O–H groups in total. The fourth-order valence-corrected chi connectivity index (χ4v) is 1.16. The largest absolute Gasteiger partial charge is 0.491 e. The highest BCUT2D eigenvalue weighted by molar-refractivity contribution is 5.28. The molecule has 1 aromatic carbocycles. The maximum absolute atomic E-state index is 5.38. The van der Waals surface area contributed by atoms with Gasteiger partial charge in [0.15, 0.2) is 0 Å². The minimum Gasteiger partial charge on any atom is -0.491 e. The molecule has 0 aliphatic carbocycles. The van der Waals surface area contributed by atoms with E-state index in [0.717, 1.165) is 5.75 Å². The highest BCUT2D eigenvalue weighted by atomic mass is 16.6. The smallest absolute Gasteiger partial charge is 0.119 e. The van der Waals surface area contributed by atoms with Crippen molar-refractivity contribution in [1.29, 1.82) is 0 Å². The van der Waals surface area contributed by atoms with Gasteiger partial charge in [-0.05, 0) is 23.6 Å². The molecule has 0 radical (unpaired) electrons. The van der Waals surface area contributed by atoms with E-state index in [9.17, 15) is 0 Å². The van der Waals surface area contributed by atoms with Crippen LogP contribution in [0, 0.1) is 0 Å². The van der Waals surface area contributed by atoms with Gasteiger partial charge in [-0.3, -0.25) is 0 Å². The van der Waals surface area contributed by atoms with E-state index >= 15 is 0 Å². The Hall–Kier alpha value is -1.06. The summed E-state index contributed by atoms with van der Waals surface area (Å²) in [6.45, 7) is 5.22. The third kappa shape index (κ3) is 3.36. The van der Waals surface area contributed by atoms with Crippen LogP contribution in [-0.4, -0.2) is 13.2 Å². The number of hydrogen-bond acceptors (Lipinski definition) is 3. The predicted molar refractivity (Wildman–Crippen MR) is 56.2 cm³/mol. The molecule has 0 atom stereocenters. The van der Waals surface area contributed by atoms with Crippen LogP contribution < -0.4 is 10.6 Å². The molecule has 0 saturated heterocycles. The Morgan fingerprint density at radius 3 is 2.29 bits per heavy atom. The molecule has 0 bridgehead atoms. The Labute approximate surface area is 84.8 Å². The van der Waals surface area contributed by atoms with Crippen LogP contribution in [0.1, 0.15) is 25.3 Å². The zero-order valence-corrected chi connectivity index (χ0v) is 8.69. The molecule has 0 aliphatic rings. The highest BCUT2D eigenvalue weighted by Gasteiger charge is 1.98. The summed E-state index contributed by atoms with van der Waals surface area (Å²) in [4.78, 5) is 4.40. The first-order valence-electron chi connectivity index (χ1n) is 4.78. The second kappa shape index (κ2) is 5.62. The Morgan fingerprint density at radius 2 is 1.79 bits per heavy atom. The van der Waals surface area contributed by atoms with Crippen LogP contribution in [0.25, 0.3) is 0 Å². The molecular weight excluding hydrogens is 178 g/mol. The summed E-state index contributed by atoms with van der Waals surface area (Å²) < 4.78 is 5.38. The summed E-state index contributed by atoms with van der Waals surface area (Å²) in [5.41, 5.74) is 1.31. The molecule has 0 aromatic heterocycles. The standard InChI is InChI=1S/C11H17NO2/c1-9(2)10-3-5-11(6-4-10)13-7-8-14-12/h3-6,9H,7-8,12H2,1-2H3. The summed E-state index contributed by atoms with van der Waals surface area (Å²) in [5, 5.41) is 0. The van der Waals surface area contributed by atoms with E-state index in [1.54, 1.807) is 0 Å². The average Bonchev–Trinajstić information content (AvgIpc) is 2.19. The van der Waals surface area contributed by atoms with Crippen molar-refractivity contribution in [3.8, 4) is 5.75 Å². The summed E-state index contributed by atoms with van der Waals surface area (Å²) in [6.07, 6.45) is 0. The summed E-state index contributed by atoms with van der Waals surface area (Å²) in [7, 11) is 0. The van der Waals surface area contributed by atoms with Gasteiger partial charge in [-0.2, -0.15) is 0 Å². The summed E-state index contributed by atoms with van der Waals surface area (Å²) in [6, 6.07) is 8.07. The van der Waals surface area contributed by atoms with Gasteiger partial charge in [0, 0.05) is 0 Å². The molecule has 14 heavy (non-hydrogen) atoms. The van der Waals surface area contributed by atoms with Crippen molar-refractivity contribution in [2.24, 2.45) is 5.90 Å². The maximum atomic E-state index is 5.38. The SMILES string of the molecule is CC(C)c1ccc(OCCON)cc1. The lowest BCUT2D eigenvalue weighted by molar-refractivity contribution is 0.102. The first kappa shape index (κ1) is 11.0. The lowest BCUT2D eigenvalue weighted by atomic mass is 10.0. The predicted octanol–water partition coefficient (Wildman–Crippen LogP) is 2.08. The number of benzene rings is 1. The van der Waals surface area contributed by atoms with Gasteiger partial charge in [0.25, 0.3) is 0 Å². The molecule has 0 fully saturated rings. The fraction of sp³-hybridized carbons (Fsp3) is 0.455. The van der Waals surface area contributed by atoms with E-state index in [1.165, 1.54) is 5.56 Å². The van der Waals surface area contributed by atoms with Crippen LogP contribution in [-0.2, 0) is 4.84 Å². The van der Waals surface area contributed by atoms with Crippen molar-refractivity contribution in [2.45, 2.75) is 19.8 Å². The zero-order valence-electron chi connectivity index (χ0n) is 8.69. The molecular formula is C11H17NO2. The van der Waals surface area contributed by atoms with Crippen LogP contribution in [0.4, 0.5) is 0 Å². The van der Waals surface area contributed by atoms with Gasteiger partial charge in [0.1, 0.15) is 19.0 Å². The quantitative estimate of drug-likeness (QED) is 0.578. The third-order valence-corrected chi connectivity index (χ3v) is 2.02. The molecule has 1 aromatic rings. The molecule has 0 amide bonds. The number of nitrogens with two attached hydrogens (primary N) is 1. The summed E-state index contributed by atoms with van der Waals surface area (Å²) in [5.74, 6) is 6.28. The van der Waals surface area contributed by atoms with Gasteiger partial charge < -0.3 is 9.57 Å². The van der Waals surface area contributed by atoms with Crippen LogP contribution in [0.5, 0.6) is 5.75 Å². The van der Waals surface area contributed by atoms with Gasteiger partial charge in [-0.1, -0.05) is 26.0 Å². The molecule has 0 unspecified atom stereocenters. The minimum absolute atomic E-state index is 0.409. The van der Waals surface area contributed by atoms with Crippen molar-refractivity contribution >= 4 is 0 Å². The number of hydrogen-bond donors (Lipinski definition) is 1. The Kier molecular flexibility index (Phi) is 4.43. The Balaban J connectivity index is 2.47. The normalized spacial score (nSPS) is 10.6. The number of rotatable bonds is 5. The van der Waals surface area contributed by atoms with Crippen molar-refractivity contribution in [3.05, 3.63) is 29.8 Å². The van der Waals surface area contributed by atoms with Crippen LogP contribution in [0.2, 0.25) is 0 Å². The van der Waals surface area contributed by atoms with E-state index in [2.05, 4.69) is 30.8 Å². The third-order valence-electron chi connectivity index (χ3n) is 2.02. The van der Waals surface area contributed by atoms with Gasteiger partial charge in [0.2, 0.25) is 0 Å². The molecule has 1 rings (SSSR count). The van der Waals surface area contributed by atoms with Crippen molar-refractivity contribution in [3.63, 3.8) is 0 Å². The van der Waals surface area contributed by atoms with E-state index in [1.807, 2.05) is 12.1 Å². The lowest BCUT2D eigenvalue weighted by Gasteiger charge is -2.08. The topological polar surface area (TPSA) is 44.5 Å². The minimum atomic E-state index is 0.409. The van der Waals surface area contributed by atoms with E-state index < -0.39 is 0 Å². The average molecular weight is 195 g/mol. The van der Waals surface area contributed by atoms with Crippen LogP contribution in [0.3, 0.4) is 0 Å². The molecule has 3 nitrogen and oxygen atoms in total. The first-order chi connectivity index (χ1) is 6.74. The van der Waals surface area contributed by atoms with E-state index in [0.29, 0.717) is 19.1 Å². The Bertz CT molecular complexity index is 256. The monoisotopic (exact) mass is 195 g/mol. The summed E-state index contributed by atoms with van der Waals surface area (Å²) >= 11 is 0. The Morgan fingerprint density at radius 1 is 1.14 bits per heavy atom. The second-order valence-corrected chi connectivity index (χ2v) is 3.44. The molecule has 0 heterocycles. The first-order valence-corrected chi connectivity index (χ1v) is 4.78. The lowest BCUT2D eigenvalue weighted by Crippen LogP contribution is -2.09. The van der Waals surface area contributed by atoms with Gasteiger partial charge in [-0.25, -0.2) is 5.90 Å². The van der Waals surface area contributed by atoms with Crippen molar-refractivity contribution in [1.82, 2.24) is 0 Å². The molecule has 0 spiro atoms. The van der Waals surface area contributed by atoms with Gasteiger partial charge >= 0.3 is 0 Å². The highest BCUT2D eigenvalue weighted by Crippen LogP contribution is 2.18. The maximum Gasteiger partial charge on any atom is 0.119 e. The second-order valence-electron chi connectivity index (χ2n) is 3.44. The molecule has 3 heteroatoms. The van der Waals surface area contributed by atoms with E-state index in [4.69, 9.17) is 10.6 Å². The molecule has 0 aliphatic heterocycles. The van der Waals surface area contributed by atoms with E-state index in [-0.39, 0.29) is 0 Å². The molecule has 0 saturated carbocycles. The van der Waals surface area contributed by atoms with Gasteiger partial charge in [0.05, 0.1) is 0 Å². The zero-order chi connectivity index (χ0) is 10.4. The van der Waals surface area contributed by atoms with Crippen LogP contribution in [0.15, 0.2) is 24.3 Å². The van der Waals surface area contributed by atoms with Crippen LogP contribution >= 0.6 is 0 Å².